The summed E-state index contributed by atoms with van der Waals surface area (Å²) in [5.74, 6) is -1.24. The fourth-order valence-corrected chi connectivity index (χ4v) is 3.08. The van der Waals surface area contributed by atoms with Crippen LogP contribution in [0.5, 0.6) is 5.88 Å². The average molecular weight is 461 g/mol. The summed E-state index contributed by atoms with van der Waals surface area (Å²) < 4.78 is 19.5. The van der Waals surface area contributed by atoms with E-state index >= 15 is 0 Å². The Hall–Kier alpha value is -2.28. The summed E-state index contributed by atoms with van der Waals surface area (Å²) in [4.78, 5) is 21.2. The number of carbonyl (C=O) groups is 2. The van der Waals surface area contributed by atoms with Crippen molar-refractivity contribution in [2.45, 2.75) is 38.7 Å². The summed E-state index contributed by atoms with van der Waals surface area (Å²) in [6, 6.07) is 0. The van der Waals surface area contributed by atoms with Crippen LogP contribution in [0.25, 0.3) is 0 Å². The van der Waals surface area contributed by atoms with Crippen LogP contribution in [-0.4, -0.2) is 88.1 Å². The summed E-state index contributed by atoms with van der Waals surface area (Å²) >= 11 is 1.14. The zero-order valence-electron chi connectivity index (χ0n) is 17.7. The minimum Gasteiger partial charge on any atom is -0.478 e. The molecular weight excluding hydrogens is 428 g/mol. The number of nitrogens with one attached hydrogen (secondary N) is 1. The molecule has 1 fully saturated rings. The molecule has 0 bridgehead atoms. The number of aliphatic hydroxyl groups excluding tert-OH is 1. The minimum absolute atomic E-state index is 0.227. The van der Waals surface area contributed by atoms with Gasteiger partial charge in [-0.25, -0.2) is 9.59 Å². The maximum atomic E-state index is 9.99. The van der Waals surface area contributed by atoms with Gasteiger partial charge in [0, 0.05) is 31.8 Å². The first kappa shape index (κ1) is 26.8. The first-order valence-electron chi connectivity index (χ1n) is 10.2. The Morgan fingerprint density at radius 2 is 1.87 bits per heavy atom. The lowest BCUT2D eigenvalue weighted by Crippen LogP contribution is -2.37. The Kier molecular flexibility index (Phi) is 14.2. The molecule has 1 saturated heterocycles. The molecule has 176 valence electrons. The number of ether oxygens (including phenoxy) is 2. The molecule has 0 amide bonds. The number of carboxylic acids is 2. The molecule has 0 aromatic carbocycles. The third-order valence-corrected chi connectivity index (χ3v) is 4.62. The highest BCUT2D eigenvalue weighted by molar-refractivity contribution is 6.99. The molecule has 0 aliphatic carbocycles. The average Bonchev–Trinajstić information content (AvgIpc) is 3.23. The van der Waals surface area contributed by atoms with Crippen molar-refractivity contribution in [3.8, 4) is 5.88 Å². The van der Waals surface area contributed by atoms with Gasteiger partial charge in [0.15, 0.2) is 0 Å². The van der Waals surface area contributed by atoms with Gasteiger partial charge in [0.2, 0.25) is 5.82 Å². The number of aliphatic hydroxyl groups is 1. The van der Waals surface area contributed by atoms with Gasteiger partial charge in [-0.3, -0.25) is 0 Å². The molecule has 1 aromatic heterocycles. The van der Waals surface area contributed by atoms with E-state index in [4.69, 9.17) is 19.7 Å². The van der Waals surface area contributed by atoms with Crippen LogP contribution < -0.4 is 15.0 Å². The monoisotopic (exact) mass is 460 g/mol. The van der Waals surface area contributed by atoms with Crippen molar-refractivity contribution in [2.75, 3.05) is 50.9 Å². The molecule has 1 atom stereocenters. The van der Waals surface area contributed by atoms with Crippen molar-refractivity contribution in [3.63, 3.8) is 0 Å². The summed E-state index contributed by atoms with van der Waals surface area (Å²) in [5, 5.41) is 28.9. The van der Waals surface area contributed by atoms with Crippen molar-refractivity contribution in [1.82, 2.24) is 14.1 Å². The third kappa shape index (κ3) is 12.9. The summed E-state index contributed by atoms with van der Waals surface area (Å²) in [5.41, 5.74) is 0. The van der Waals surface area contributed by atoms with Gasteiger partial charge < -0.3 is 35.0 Å². The molecule has 2 heterocycles. The van der Waals surface area contributed by atoms with E-state index in [2.05, 4.69) is 25.9 Å². The van der Waals surface area contributed by atoms with Crippen molar-refractivity contribution >= 4 is 29.5 Å². The molecule has 0 saturated carbocycles. The van der Waals surface area contributed by atoms with Gasteiger partial charge in [-0.05, 0) is 13.0 Å². The van der Waals surface area contributed by atoms with Gasteiger partial charge in [-0.1, -0.05) is 26.2 Å². The molecule has 0 spiro atoms. The van der Waals surface area contributed by atoms with Crippen LogP contribution in [0.4, 0.5) is 5.82 Å². The predicted molar refractivity (Wildman–Crippen MR) is 116 cm³/mol. The van der Waals surface area contributed by atoms with Gasteiger partial charge in [0.25, 0.3) is 5.88 Å². The Bertz CT molecular complexity index is 649. The van der Waals surface area contributed by atoms with Crippen LogP contribution in [0, 0.1) is 0 Å². The molecule has 0 radical (unpaired) electrons. The van der Waals surface area contributed by atoms with Crippen LogP contribution in [0.1, 0.15) is 32.6 Å². The van der Waals surface area contributed by atoms with E-state index in [1.165, 1.54) is 19.3 Å². The number of unbranched alkanes of at least 4 members (excludes halogenated alkanes) is 3. The van der Waals surface area contributed by atoms with E-state index < -0.39 is 18.0 Å². The fraction of sp³-hybridized carbons (Fsp3) is 0.684. The molecule has 4 N–H and O–H groups in total. The van der Waals surface area contributed by atoms with E-state index in [9.17, 15) is 14.7 Å². The Balaban J connectivity index is 0.000000512. The molecule has 1 aliphatic heterocycles. The third-order valence-electron chi connectivity index (χ3n) is 4.12. The number of hydrogen-bond acceptors (Lipinski definition) is 10. The number of hydrogen-bond donors (Lipinski definition) is 4. The van der Waals surface area contributed by atoms with Gasteiger partial charge in [0.05, 0.1) is 24.9 Å². The molecule has 1 aromatic rings. The van der Waals surface area contributed by atoms with Gasteiger partial charge >= 0.3 is 11.9 Å². The topological polar surface area (TPSA) is 154 Å². The highest BCUT2D eigenvalue weighted by Gasteiger charge is 2.20. The van der Waals surface area contributed by atoms with E-state index in [0.717, 1.165) is 43.6 Å². The first-order valence-corrected chi connectivity index (χ1v) is 11.0. The smallest absolute Gasteiger partial charge is 0.328 e. The maximum absolute atomic E-state index is 9.99. The fourth-order valence-electron chi connectivity index (χ4n) is 2.56. The van der Waals surface area contributed by atoms with Crippen molar-refractivity contribution < 1.29 is 34.4 Å². The molecule has 31 heavy (non-hydrogen) atoms. The minimum atomic E-state index is -1.26. The molecule has 11 nitrogen and oxygen atoms in total. The van der Waals surface area contributed by atoms with Crippen LogP contribution in [0.2, 0.25) is 0 Å². The van der Waals surface area contributed by atoms with Gasteiger partial charge in [-0.15, -0.1) is 4.37 Å². The zero-order valence-corrected chi connectivity index (χ0v) is 18.6. The number of anilines is 1. The summed E-state index contributed by atoms with van der Waals surface area (Å²) in [7, 11) is 0. The Morgan fingerprint density at radius 3 is 2.48 bits per heavy atom. The summed E-state index contributed by atoms with van der Waals surface area (Å²) in [6.07, 6.45) is 5.48. The van der Waals surface area contributed by atoms with E-state index in [0.29, 0.717) is 37.8 Å². The van der Waals surface area contributed by atoms with E-state index in [1.54, 1.807) is 0 Å². The van der Waals surface area contributed by atoms with Crippen LogP contribution in [-0.2, 0) is 14.3 Å². The number of aromatic nitrogens is 2. The normalized spacial score (nSPS) is 14.7. The van der Waals surface area contributed by atoms with E-state index in [-0.39, 0.29) is 6.61 Å². The highest BCUT2D eigenvalue weighted by atomic mass is 32.1. The second kappa shape index (κ2) is 16.4. The quantitative estimate of drug-likeness (QED) is 0.246. The van der Waals surface area contributed by atoms with Crippen LogP contribution in [0.15, 0.2) is 12.2 Å². The zero-order chi connectivity index (χ0) is 22.9. The van der Waals surface area contributed by atoms with E-state index in [1.807, 2.05) is 0 Å². The predicted octanol–water partition coefficient (Wildman–Crippen LogP) is 0.996. The molecule has 1 unspecified atom stereocenters. The first-order chi connectivity index (χ1) is 14.9. The second-order valence-corrected chi connectivity index (χ2v) is 7.26. The standard InChI is InChI=1S/C15H28N4O3S.C4H4O4/c1-2-3-4-5-6-16-11-13(20)12-22-15-14(17-23-18-15)19-7-9-21-10-8-19;5-3(6)1-2-4(7)8/h13,16,20H,2-12H2,1H3;1-2H,(H,5,6)(H,7,8)/b;2-1-. The number of rotatable bonds is 13. The number of carboxylic acid groups (broad SMARTS) is 2. The van der Waals surface area contributed by atoms with Crippen LogP contribution >= 0.6 is 11.7 Å². The SMILES string of the molecule is CCCCCCNCC(O)COc1nsnc1N1CCOCC1.O=C(O)/C=C\C(=O)O. The number of nitrogens with zero attached hydrogens (tertiary/aromatic N) is 3. The lowest BCUT2D eigenvalue weighted by Gasteiger charge is -2.26. The lowest BCUT2D eigenvalue weighted by molar-refractivity contribution is -0.134. The molecule has 2 rings (SSSR count). The Morgan fingerprint density at radius 1 is 1.19 bits per heavy atom. The number of aliphatic carboxylic acids is 2. The van der Waals surface area contributed by atoms with Gasteiger partial charge in [0.1, 0.15) is 12.7 Å². The maximum Gasteiger partial charge on any atom is 0.328 e. The molecular formula is C19H32N4O7S. The van der Waals surface area contributed by atoms with Crippen LogP contribution in [0.3, 0.4) is 0 Å². The summed E-state index contributed by atoms with van der Waals surface area (Å²) in [6.45, 7) is 6.89. The van der Waals surface area contributed by atoms with Crippen molar-refractivity contribution in [2.24, 2.45) is 0 Å². The second-order valence-electron chi connectivity index (χ2n) is 6.73. The van der Waals surface area contributed by atoms with Crippen molar-refractivity contribution in [3.05, 3.63) is 12.2 Å². The Labute approximate surface area is 186 Å². The van der Waals surface area contributed by atoms with Gasteiger partial charge in [-0.2, -0.15) is 4.37 Å². The highest BCUT2D eigenvalue weighted by Crippen LogP contribution is 2.26. The molecule has 12 heteroatoms. The largest absolute Gasteiger partial charge is 0.478 e. The number of morpholine rings is 1. The lowest BCUT2D eigenvalue weighted by atomic mass is 10.2. The molecule has 1 aliphatic rings. The van der Waals surface area contributed by atoms with Crippen molar-refractivity contribution in [1.29, 1.82) is 0 Å².